The van der Waals surface area contributed by atoms with E-state index in [1.807, 2.05) is 4.90 Å². The second-order valence-corrected chi connectivity index (χ2v) is 9.38. The van der Waals surface area contributed by atoms with Crippen molar-refractivity contribution in [1.29, 1.82) is 0 Å². The molecule has 0 saturated carbocycles. The average molecular weight is 485 g/mol. The highest BCUT2D eigenvalue weighted by Gasteiger charge is 2.42. The third kappa shape index (κ3) is 4.86. The maximum atomic E-state index is 13.4. The van der Waals surface area contributed by atoms with Crippen molar-refractivity contribution in [2.75, 3.05) is 26.2 Å². The van der Waals surface area contributed by atoms with Crippen LogP contribution in [0.3, 0.4) is 0 Å². The summed E-state index contributed by atoms with van der Waals surface area (Å²) in [4.78, 5) is 27.6. The lowest BCUT2D eigenvalue weighted by Crippen LogP contribution is -2.45. The van der Waals surface area contributed by atoms with Crippen LogP contribution in [-0.4, -0.2) is 62.9 Å². The fourth-order valence-corrected chi connectivity index (χ4v) is 5.06. The number of hydrogen-bond acceptors (Lipinski definition) is 4. The fourth-order valence-electron chi connectivity index (χ4n) is 4.87. The summed E-state index contributed by atoms with van der Waals surface area (Å²) in [6.45, 7) is 4.06. The highest BCUT2D eigenvalue weighted by molar-refractivity contribution is 6.30. The molecule has 3 heterocycles. The second-order valence-electron chi connectivity index (χ2n) is 8.94. The van der Waals surface area contributed by atoms with Gasteiger partial charge in [0.1, 0.15) is 0 Å². The Morgan fingerprint density at radius 2 is 1.85 bits per heavy atom. The Bertz CT molecular complexity index is 1080. The van der Waals surface area contributed by atoms with Crippen LogP contribution < -0.4 is 0 Å². The Kier molecular flexibility index (Phi) is 6.17. The minimum Gasteiger partial charge on any atom is -0.476 e. The molecule has 1 aromatic carbocycles. The molecule has 0 atom stereocenters. The summed E-state index contributed by atoms with van der Waals surface area (Å²) in [6, 6.07) is 3.30. The van der Waals surface area contributed by atoms with Gasteiger partial charge in [-0.1, -0.05) is 11.6 Å². The van der Waals surface area contributed by atoms with Gasteiger partial charge in [0, 0.05) is 43.0 Å². The molecule has 1 N–H and O–H groups in total. The Labute approximate surface area is 193 Å². The third-order valence-corrected chi connectivity index (χ3v) is 6.91. The van der Waals surface area contributed by atoms with E-state index in [-0.39, 0.29) is 34.3 Å². The smallest absolute Gasteiger partial charge is 0.416 e. The number of aryl methyl sites for hydroxylation is 1. The van der Waals surface area contributed by atoms with Crippen LogP contribution in [0.2, 0.25) is 5.02 Å². The van der Waals surface area contributed by atoms with Crippen molar-refractivity contribution in [3.8, 4) is 0 Å². The first kappa shape index (κ1) is 23.6. The predicted octanol–water partition coefficient (Wildman–Crippen LogP) is 4.52. The molecule has 11 heteroatoms. The number of carbonyl (C=O) groups is 2. The standard InChI is InChI=1S/C22H24ClF3N4O3/c1-14-11-30(27-18(14)19(31)32)20(33)29-8-5-21(6-9-29)4-7-28(13-21)12-15-10-16(23)2-3-17(15)22(24,25)26/h2-3,10-11H,4-9,12-13H2,1H3,(H,31,32). The molecular formula is C22H24ClF3N4O3. The Morgan fingerprint density at radius 3 is 2.45 bits per heavy atom. The maximum Gasteiger partial charge on any atom is 0.416 e. The van der Waals surface area contributed by atoms with Crippen LogP contribution in [0.1, 0.15) is 46.4 Å². The van der Waals surface area contributed by atoms with Gasteiger partial charge in [0.25, 0.3) is 0 Å². The number of benzene rings is 1. The number of halogens is 4. The predicted molar refractivity (Wildman–Crippen MR) is 114 cm³/mol. The van der Waals surface area contributed by atoms with E-state index in [1.54, 1.807) is 11.8 Å². The Morgan fingerprint density at radius 1 is 1.18 bits per heavy atom. The first-order valence-electron chi connectivity index (χ1n) is 10.6. The number of alkyl halides is 3. The highest BCUT2D eigenvalue weighted by atomic mass is 35.5. The lowest BCUT2D eigenvalue weighted by atomic mass is 9.78. The zero-order valence-electron chi connectivity index (χ0n) is 18.0. The molecule has 2 aromatic rings. The summed E-state index contributed by atoms with van der Waals surface area (Å²) in [5, 5.41) is 13.3. The van der Waals surface area contributed by atoms with Crippen LogP contribution in [-0.2, 0) is 12.7 Å². The van der Waals surface area contributed by atoms with Gasteiger partial charge in [-0.05, 0) is 61.9 Å². The molecule has 2 fully saturated rings. The second kappa shape index (κ2) is 8.64. The minimum atomic E-state index is -4.44. The summed E-state index contributed by atoms with van der Waals surface area (Å²) in [7, 11) is 0. The summed E-state index contributed by atoms with van der Waals surface area (Å²) in [6.07, 6.45) is -0.724. The number of aromatic nitrogens is 2. The number of aromatic carboxylic acids is 1. The molecule has 0 aliphatic carbocycles. The zero-order chi connectivity index (χ0) is 24.0. The van der Waals surface area contributed by atoms with E-state index in [0.29, 0.717) is 31.7 Å². The number of piperidine rings is 1. The molecule has 1 amide bonds. The molecule has 1 spiro atoms. The summed E-state index contributed by atoms with van der Waals surface area (Å²) in [5.74, 6) is -1.18. The van der Waals surface area contributed by atoms with Crippen LogP contribution in [0.5, 0.6) is 0 Å². The van der Waals surface area contributed by atoms with Crippen molar-refractivity contribution in [2.45, 2.75) is 38.9 Å². The molecule has 2 aliphatic heterocycles. The maximum absolute atomic E-state index is 13.4. The Hall–Kier alpha value is -2.59. The number of likely N-dealkylation sites (tertiary alicyclic amines) is 2. The monoisotopic (exact) mass is 484 g/mol. The molecule has 7 nitrogen and oxygen atoms in total. The van der Waals surface area contributed by atoms with Crippen molar-refractivity contribution < 1.29 is 27.9 Å². The number of hydrogen-bond donors (Lipinski definition) is 1. The number of carboxylic acids is 1. The van der Waals surface area contributed by atoms with Gasteiger partial charge in [-0.3, -0.25) is 4.90 Å². The van der Waals surface area contributed by atoms with Crippen LogP contribution >= 0.6 is 11.6 Å². The number of carbonyl (C=O) groups excluding carboxylic acids is 1. The number of amides is 1. The van der Waals surface area contributed by atoms with Crippen LogP contribution in [0, 0.1) is 12.3 Å². The zero-order valence-corrected chi connectivity index (χ0v) is 18.8. The van der Waals surface area contributed by atoms with Crippen molar-refractivity contribution in [2.24, 2.45) is 5.41 Å². The van der Waals surface area contributed by atoms with E-state index in [2.05, 4.69) is 5.10 Å². The van der Waals surface area contributed by atoms with E-state index >= 15 is 0 Å². The van der Waals surface area contributed by atoms with E-state index in [0.717, 1.165) is 30.0 Å². The minimum absolute atomic E-state index is 0.0555. The van der Waals surface area contributed by atoms with Gasteiger partial charge in [-0.15, -0.1) is 0 Å². The summed E-state index contributed by atoms with van der Waals surface area (Å²) in [5.41, 5.74) is -0.288. The molecular weight excluding hydrogens is 461 g/mol. The lowest BCUT2D eigenvalue weighted by molar-refractivity contribution is -0.138. The number of rotatable bonds is 3. The van der Waals surface area contributed by atoms with Gasteiger partial charge in [0.2, 0.25) is 0 Å². The van der Waals surface area contributed by atoms with Gasteiger partial charge >= 0.3 is 18.2 Å². The molecule has 33 heavy (non-hydrogen) atoms. The van der Waals surface area contributed by atoms with Gasteiger partial charge in [0.05, 0.1) is 5.56 Å². The largest absolute Gasteiger partial charge is 0.476 e. The van der Waals surface area contributed by atoms with Gasteiger partial charge in [-0.25, -0.2) is 9.59 Å². The molecule has 178 valence electrons. The van der Waals surface area contributed by atoms with E-state index in [1.165, 1.54) is 18.3 Å². The number of carboxylic acid groups (broad SMARTS) is 1. The molecule has 1 aromatic heterocycles. The third-order valence-electron chi connectivity index (χ3n) is 6.67. The highest BCUT2D eigenvalue weighted by Crippen LogP contribution is 2.42. The first-order valence-corrected chi connectivity index (χ1v) is 11.0. The molecule has 2 saturated heterocycles. The van der Waals surface area contributed by atoms with Gasteiger partial charge in [-0.2, -0.15) is 23.0 Å². The van der Waals surface area contributed by atoms with Crippen molar-refractivity contribution in [3.05, 3.63) is 51.8 Å². The van der Waals surface area contributed by atoms with Crippen LogP contribution in [0.25, 0.3) is 0 Å². The summed E-state index contributed by atoms with van der Waals surface area (Å²) >= 11 is 5.96. The topological polar surface area (TPSA) is 78.7 Å². The molecule has 0 radical (unpaired) electrons. The average Bonchev–Trinajstić information content (AvgIpc) is 3.31. The van der Waals surface area contributed by atoms with Crippen LogP contribution in [0.15, 0.2) is 24.4 Å². The van der Waals surface area contributed by atoms with Crippen LogP contribution in [0.4, 0.5) is 18.0 Å². The first-order chi connectivity index (χ1) is 15.5. The van der Waals surface area contributed by atoms with Gasteiger partial charge in [0.15, 0.2) is 5.69 Å². The van der Waals surface area contributed by atoms with E-state index in [9.17, 15) is 22.8 Å². The molecule has 0 bridgehead atoms. The number of nitrogens with zero attached hydrogens (tertiary/aromatic N) is 4. The normalized spacial score (nSPS) is 18.8. The Balaban J connectivity index is 1.39. The van der Waals surface area contributed by atoms with E-state index in [4.69, 9.17) is 16.7 Å². The molecule has 4 rings (SSSR count). The van der Waals surface area contributed by atoms with Crippen molar-refractivity contribution in [1.82, 2.24) is 19.6 Å². The quantitative estimate of drug-likeness (QED) is 0.693. The fraction of sp³-hybridized carbons (Fsp3) is 0.500. The molecule has 0 unspecified atom stereocenters. The lowest BCUT2D eigenvalue weighted by Gasteiger charge is -2.39. The molecule has 2 aliphatic rings. The van der Waals surface area contributed by atoms with Gasteiger partial charge < -0.3 is 10.0 Å². The SMILES string of the molecule is Cc1cn(C(=O)N2CCC3(CCN(Cc4cc(Cl)ccc4C(F)(F)F)C3)CC2)nc1C(=O)O. The van der Waals surface area contributed by atoms with Crippen molar-refractivity contribution >= 4 is 23.6 Å². The van der Waals surface area contributed by atoms with Crippen molar-refractivity contribution in [3.63, 3.8) is 0 Å². The summed E-state index contributed by atoms with van der Waals surface area (Å²) < 4.78 is 41.2. The van der Waals surface area contributed by atoms with E-state index < -0.39 is 17.7 Å².